The van der Waals surface area contributed by atoms with Crippen molar-refractivity contribution in [3.8, 4) is 5.75 Å². The first kappa shape index (κ1) is 12.9. The molecule has 3 rings (SSSR count). The van der Waals surface area contributed by atoms with E-state index in [0.717, 1.165) is 28.9 Å². The Morgan fingerprint density at radius 3 is 2.80 bits per heavy atom. The van der Waals surface area contributed by atoms with Crippen LogP contribution in [0.1, 0.15) is 32.6 Å². The van der Waals surface area contributed by atoms with Gasteiger partial charge in [0, 0.05) is 12.8 Å². The summed E-state index contributed by atoms with van der Waals surface area (Å²) < 4.78 is 5.61. The Morgan fingerprint density at radius 1 is 1.15 bits per heavy atom. The average Bonchev–Trinajstić information content (AvgIpc) is 2.91. The number of Topliss-reactive ketones (excluding diaryl/α,β-unsaturated/α-hetero) is 1. The fourth-order valence-corrected chi connectivity index (χ4v) is 2.63. The first-order valence-electron chi connectivity index (χ1n) is 6.99. The molecule has 2 aromatic rings. The molecule has 20 heavy (non-hydrogen) atoms. The summed E-state index contributed by atoms with van der Waals surface area (Å²) in [4.78, 5) is 12.5. The maximum absolute atomic E-state index is 12.5. The van der Waals surface area contributed by atoms with E-state index in [-0.39, 0.29) is 5.78 Å². The van der Waals surface area contributed by atoms with Gasteiger partial charge in [-0.15, -0.1) is 0 Å². The molecule has 0 saturated carbocycles. The van der Waals surface area contributed by atoms with Crippen LogP contribution in [0.4, 0.5) is 0 Å². The average molecular weight is 266 g/mol. The van der Waals surface area contributed by atoms with Crippen molar-refractivity contribution in [2.45, 2.75) is 26.7 Å². The van der Waals surface area contributed by atoms with Gasteiger partial charge < -0.3 is 4.74 Å². The zero-order valence-corrected chi connectivity index (χ0v) is 11.9. The lowest BCUT2D eigenvalue weighted by molar-refractivity contribution is 0.0990. The van der Waals surface area contributed by atoms with Gasteiger partial charge in [-0.25, -0.2) is 0 Å². The summed E-state index contributed by atoms with van der Waals surface area (Å²) in [6, 6.07) is 12.1. The van der Waals surface area contributed by atoms with Crippen LogP contribution < -0.4 is 4.74 Å². The minimum absolute atomic E-state index is 0.131. The maximum Gasteiger partial charge on any atom is 0.170 e. The molecular weight excluding hydrogens is 248 g/mol. The van der Waals surface area contributed by atoms with E-state index in [1.54, 1.807) is 0 Å². The van der Waals surface area contributed by atoms with E-state index < -0.39 is 0 Å². The topological polar surface area (TPSA) is 26.3 Å². The van der Waals surface area contributed by atoms with Crippen molar-refractivity contribution in [2.75, 3.05) is 6.61 Å². The van der Waals surface area contributed by atoms with Crippen molar-refractivity contribution in [1.29, 1.82) is 0 Å². The molecule has 2 nitrogen and oxygen atoms in total. The second kappa shape index (κ2) is 5.12. The molecular formula is C18H18O2. The number of aryl methyl sites for hydroxylation is 2. The molecule has 0 unspecified atom stereocenters. The molecule has 0 spiro atoms. The van der Waals surface area contributed by atoms with Gasteiger partial charge in [0.15, 0.2) is 5.78 Å². The van der Waals surface area contributed by atoms with Crippen LogP contribution in [0, 0.1) is 13.8 Å². The summed E-state index contributed by atoms with van der Waals surface area (Å²) in [7, 11) is 0. The number of rotatable bonds is 3. The van der Waals surface area contributed by atoms with Crippen LogP contribution in [0.5, 0.6) is 5.75 Å². The van der Waals surface area contributed by atoms with Crippen LogP contribution in [0.25, 0.3) is 0 Å². The molecule has 0 N–H and O–H groups in total. The Bertz CT molecular complexity index is 671. The molecule has 1 heterocycles. The number of carbonyl (C=O) groups is 1. The minimum atomic E-state index is 0.131. The van der Waals surface area contributed by atoms with Crippen LogP contribution in [-0.4, -0.2) is 12.4 Å². The van der Waals surface area contributed by atoms with Gasteiger partial charge in [-0.3, -0.25) is 4.79 Å². The Balaban J connectivity index is 1.87. The van der Waals surface area contributed by atoms with Gasteiger partial charge in [0.2, 0.25) is 0 Å². The summed E-state index contributed by atoms with van der Waals surface area (Å²) in [5.74, 6) is 0.924. The lowest BCUT2D eigenvalue weighted by Gasteiger charge is -2.08. The largest absolute Gasteiger partial charge is 0.492 e. The minimum Gasteiger partial charge on any atom is -0.492 e. The van der Waals surface area contributed by atoms with Gasteiger partial charge in [-0.1, -0.05) is 30.3 Å². The molecule has 0 bridgehead atoms. The molecule has 0 atom stereocenters. The first-order chi connectivity index (χ1) is 9.65. The van der Waals surface area contributed by atoms with E-state index in [2.05, 4.69) is 26.0 Å². The van der Waals surface area contributed by atoms with Crippen LogP contribution in [0.2, 0.25) is 0 Å². The van der Waals surface area contributed by atoms with Gasteiger partial charge >= 0.3 is 0 Å². The molecule has 0 amide bonds. The van der Waals surface area contributed by atoms with Gasteiger partial charge in [-0.2, -0.15) is 0 Å². The van der Waals surface area contributed by atoms with Crippen molar-refractivity contribution in [2.24, 2.45) is 0 Å². The second-order valence-corrected chi connectivity index (χ2v) is 5.41. The predicted molar refractivity (Wildman–Crippen MR) is 79.6 cm³/mol. The third kappa shape index (κ3) is 2.34. The highest BCUT2D eigenvalue weighted by molar-refractivity contribution is 6.00. The van der Waals surface area contributed by atoms with E-state index in [1.807, 2.05) is 24.3 Å². The normalized spacial score (nSPS) is 12.9. The zero-order chi connectivity index (χ0) is 14.1. The predicted octanol–water partition coefficient (Wildman–Crippen LogP) is 3.66. The third-order valence-corrected chi connectivity index (χ3v) is 3.95. The number of fused-ring (bicyclic) bond motifs is 1. The Labute approximate surface area is 119 Å². The van der Waals surface area contributed by atoms with Gasteiger partial charge in [0.1, 0.15) is 5.75 Å². The molecule has 0 aromatic heterocycles. The summed E-state index contributed by atoms with van der Waals surface area (Å²) in [6.07, 6.45) is 1.33. The summed E-state index contributed by atoms with van der Waals surface area (Å²) in [5.41, 5.74) is 5.41. The number of hydrogen-bond acceptors (Lipinski definition) is 2. The second-order valence-electron chi connectivity index (χ2n) is 5.41. The number of carbonyl (C=O) groups excluding carboxylic acids is 1. The molecule has 0 saturated heterocycles. The lowest BCUT2D eigenvalue weighted by atomic mass is 9.98. The van der Waals surface area contributed by atoms with Gasteiger partial charge in [0.05, 0.1) is 12.2 Å². The van der Waals surface area contributed by atoms with Crippen LogP contribution in [-0.2, 0) is 12.8 Å². The van der Waals surface area contributed by atoms with E-state index in [4.69, 9.17) is 4.74 Å². The van der Waals surface area contributed by atoms with E-state index in [0.29, 0.717) is 13.0 Å². The van der Waals surface area contributed by atoms with Crippen LogP contribution in [0.15, 0.2) is 36.4 Å². The molecule has 2 heteroatoms. The highest BCUT2D eigenvalue weighted by Gasteiger charge is 2.20. The summed E-state index contributed by atoms with van der Waals surface area (Å²) in [5, 5.41) is 0. The van der Waals surface area contributed by atoms with E-state index >= 15 is 0 Å². The molecule has 102 valence electrons. The molecule has 0 aliphatic carbocycles. The third-order valence-electron chi connectivity index (χ3n) is 3.95. The van der Waals surface area contributed by atoms with Crippen molar-refractivity contribution < 1.29 is 9.53 Å². The fraction of sp³-hybridized carbons (Fsp3) is 0.278. The van der Waals surface area contributed by atoms with Crippen molar-refractivity contribution in [3.63, 3.8) is 0 Å². The first-order valence-corrected chi connectivity index (χ1v) is 6.99. The number of hydrogen-bond donors (Lipinski definition) is 0. The van der Waals surface area contributed by atoms with Gasteiger partial charge in [0.25, 0.3) is 0 Å². The van der Waals surface area contributed by atoms with Crippen molar-refractivity contribution in [1.82, 2.24) is 0 Å². The quantitative estimate of drug-likeness (QED) is 0.792. The van der Waals surface area contributed by atoms with Crippen molar-refractivity contribution in [3.05, 3.63) is 64.2 Å². The molecule has 0 radical (unpaired) electrons. The van der Waals surface area contributed by atoms with Crippen LogP contribution in [0.3, 0.4) is 0 Å². The van der Waals surface area contributed by atoms with Crippen LogP contribution >= 0.6 is 0 Å². The highest BCUT2D eigenvalue weighted by atomic mass is 16.5. The Kier molecular flexibility index (Phi) is 3.31. The molecule has 1 aliphatic heterocycles. The van der Waals surface area contributed by atoms with E-state index in [1.165, 1.54) is 11.1 Å². The summed E-state index contributed by atoms with van der Waals surface area (Å²) >= 11 is 0. The lowest BCUT2D eigenvalue weighted by Crippen LogP contribution is -2.06. The molecule has 0 fully saturated rings. The number of ketones is 1. The SMILES string of the molecule is Cc1ccc(CC(=O)c2cccc3c2OCC3)cc1C. The zero-order valence-electron chi connectivity index (χ0n) is 11.9. The Hall–Kier alpha value is -2.09. The Morgan fingerprint density at radius 2 is 2.00 bits per heavy atom. The van der Waals surface area contributed by atoms with E-state index in [9.17, 15) is 4.79 Å². The standard InChI is InChI=1S/C18H18O2/c1-12-6-7-14(10-13(12)2)11-17(19)16-5-3-4-15-8-9-20-18(15)16/h3-7,10H,8-9,11H2,1-2H3. The number of para-hydroxylation sites is 1. The fourth-order valence-electron chi connectivity index (χ4n) is 2.63. The molecule has 2 aromatic carbocycles. The summed E-state index contributed by atoms with van der Waals surface area (Å²) in [6.45, 7) is 4.84. The maximum atomic E-state index is 12.5. The monoisotopic (exact) mass is 266 g/mol. The smallest absolute Gasteiger partial charge is 0.170 e. The van der Waals surface area contributed by atoms with Crippen molar-refractivity contribution >= 4 is 5.78 Å². The number of ether oxygens (including phenoxy) is 1. The molecule has 1 aliphatic rings. The van der Waals surface area contributed by atoms with Gasteiger partial charge in [-0.05, 0) is 42.2 Å². The highest BCUT2D eigenvalue weighted by Crippen LogP contribution is 2.30. The number of benzene rings is 2.